The first-order valence-corrected chi connectivity index (χ1v) is 6.33. The molecule has 16 heavy (non-hydrogen) atoms. The summed E-state index contributed by atoms with van der Waals surface area (Å²) in [4.78, 5) is 11.8. The molecule has 1 aliphatic carbocycles. The van der Waals surface area contributed by atoms with E-state index in [2.05, 4.69) is 10.4 Å². The second-order valence-electron chi connectivity index (χ2n) is 5.13. The molecular weight excluding hydrogens is 202 g/mol. The molecule has 4 heteroatoms. The molecule has 1 aliphatic heterocycles. The maximum Gasteiger partial charge on any atom is 0.266 e. The fourth-order valence-electron chi connectivity index (χ4n) is 2.52. The van der Waals surface area contributed by atoms with Crippen molar-refractivity contribution in [3.63, 3.8) is 0 Å². The van der Waals surface area contributed by atoms with Gasteiger partial charge in [0.1, 0.15) is 0 Å². The summed E-state index contributed by atoms with van der Waals surface area (Å²) in [6, 6.07) is 1.79. The lowest BCUT2D eigenvalue weighted by atomic mass is 9.98. The molecule has 2 N–H and O–H groups in total. The van der Waals surface area contributed by atoms with Crippen molar-refractivity contribution < 1.29 is 0 Å². The van der Waals surface area contributed by atoms with Crippen LogP contribution in [0.3, 0.4) is 0 Å². The van der Waals surface area contributed by atoms with Gasteiger partial charge < -0.3 is 5.32 Å². The van der Waals surface area contributed by atoms with Gasteiger partial charge in [-0.2, -0.15) is 0 Å². The summed E-state index contributed by atoms with van der Waals surface area (Å²) >= 11 is 0. The van der Waals surface area contributed by atoms with Gasteiger partial charge in [0.05, 0.1) is 0 Å². The Labute approximate surface area is 95.0 Å². The Balaban J connectivity index is 1.70. The van der Waals surface area contributed by atoms with E-state index in [0.717, 1.165) is 25.3 Å². The molecule has 0 atom stereocenters. The SMILES string of the molecule is O=c1cc(C2CC2)[nH]n1CC1CCNCC1. The monoisotopic (exact) mass is 221 g/mol. The van der Waals surface area contributed by atoms with Gasteiger partial charge >= 0.3 is 0 Å². The van der Waals surface area contributed by atoms with Crippen molar-refractivity contribution in [2.45, 2.75) is 38.1 Å². The highest BCUT2D eigenvalue weighted by atomic mass is 16.1. The highest BCUT2D eigenvalue weighted by Gasteiger charge is 2.26. The number of hydrogen-bond donors (Lipinski definition) is 2. The van der Waals surface area contributed by atoms with E-state index in [0.29, 0.717) is 11.8 Å². The largest absolute Gasteiger partial charge is 0.317 e. The van der Waals surface area contributed by atoms with Crippen molar-refractivity contribution in [1.82, 2.24) is 15.1 Å². The molecule has 2 heterocycles. The number of piperidine rings is 1. The molecule has 0 bridgehead atoms. The lowest BCUT2D eigenvalue weighted by molar-refractivity contribution is 0.317. The van der Waals surface area contributed by atoms with Crippen LogP contribution in [0.25, 0.3) is 0 Å². The molecule has 0 aromatic carbocycles. The molecule has 1 saturated carbocycles. The van der Waals surface area contributed by atoms with Crippen LogP contribution in [0.2, 0.25) is 0 Å². The maximum absolute atomic E-state index is 11.8. The summed E-state index contributed by atoms with van der Waals surface area (Å²) < 4.78 is 1.81. The van der Waals surface area contributed by atoms with E-state index in [-0.39, 0.29) is 5.56 Å². The topological polar surface area (TPSA) is 49.8 Å². The lowest BCUT2D eigenvalue weighted by Gasteiger charge is -2.22. The Kier molecular flexibility index (Phi) is 2.59. The van der Waals surface area contributed by atoms with E-state index in [4.69, 9.17) is 0 Å². The second-order valence-corrected chi connectivity index (χ2v) is 5.13. The standard InChI is InChI=1S/C12H19N3O/c16-12-7-11(10-1-2-10)14-15(12)8-9-3-5-13-6-4-9/h7,9-10,13-14H,1-6,8H2. The van der Waals surface area contributed by atoms with Crippen molar-refractivity contribution in [3.05, 3.63) is 22.1 Å². The van der Waals surface area contributed by atoms with Crippen LogP contribution in [0.1, 0.15) is 37.3 Å². The van der Waals surface area contributed by atoms with Crippen LogP contribution < -0.4 is 10.9 Å². The molecule has 1 aromatic rings. The summed E-state index contributed by atoms with van der Waals surface area (Å²) in [5.41, 5.74) is 1.30. The molecule has 4 nitrogen and oxygen atoms in total. The molecule has 0 amide bonds. The van der Waals surface area contributed by atoms with Crippen LogP contribution >= 0.6 is 0 Å². The van der Waals surface area contributed by atoms with Crippen molar-refractivity contribution in [2.75, 3.05) is 13.1 Å². The van der Waals surface area contributed by atoms with Crippen molar-refractivity contribution in [3.8, 4) is 0 Å². The minimum absolute atomic E-state index is 0.153. The van der Waals surface area contributed by atoms with E-state index in [1.807, 2.05) is 4.68 Å². The molecule has 0 unspecified atom stereocenters. The summed E-state index contributed by atoms with van der Waals surface area (Å²) in [5, 5.41) is 6.63. The fourth-order valence-corrected chi connectivity index (χ4v) is 2.52. The van der Waals surface area contributed by atoms with Crippen molar-refractivity contribution in [2.24, 2.45) is 5.92 Å². The Bertz CT molecular complexity index is 410. The smallest absolute Gasteiger partial charge is 0.266 e. The number of nitrogens with zero attached hydrogens (tertiary/aromatic N) is 1. The average Bonchev–Trinajstić information content (AvgIpc) is 3.07. The summed E-state index contributed by atoms with van der Waals surface area (Å²) in [7, 11) is 0. The minimum Gasteiger partial charge on any atom is -0.317 e. The number of hydrogen-bond acceptors (Lipinski definition) is 2. The third-order valence-electron chi connectivity index (χ3n) is 3.73. The van der Waals surface area contributed by atoms with Crippen molar-refractivity contribution in [1.29, 1.82) is 0 Å². The molecule has 0 radical (unpaired) electrons. The summed E-state index contributed by atoms with van der Waals surface area (Å²) in [5.74, 6) is 1.30. The van der Waals surface area contributed by atoms with E-state index in [1.54, 1.807) is 6.07 Å². The van der Waals surface area contributed by atoms with Crippen LogP contribution in [-0.4, -0.2) is 22.9 Å². The van der Waals surface area contributed by atoms with Crippen LogP contribution in [0, 0.1) is 5.92 Å². The first-order chi connectivity index (χ1) is 7.83. The predicted molar refractivity (Wildman–Crippen MR) is 62.6 cm³/mol. The first kappa shape index (κ1) is 10.1. The summed E-state index contributed by atoms with van der Waals surface area (Å²) in [6.45, 7) is 3.05. The van der Waals surface area contributed by atoms with Gasteiger partial charge in [-0.15, -0.1) is 0 Å². The van der Waals surface area contributed by atoms with E-state index in [9.17, 15) is 4.79 Å². The Morgan fingerprint density at radius 1 is 1.25 bits per heavy atom. The molecule has 1 saturated heterocycles. The van der Waals surface area contributed by atoms with Gasteiger partial charge in [-0.05, 0) is 44.7 Å². The van der Waals surface area contributed by atoms with Gasteiger partial charge in [0, 0.05) is 24.2 Å². The number of aromatic nitrogens is 2. The van der Waals surface area contributed by atoms with Crippen LogP contribution in [0.4, 0.5) is 0 Å². The molecule has 88 valence electrons. The highest BCUT2D eigenvalue weighted by Crippen LogP contribution is 2.38. The van der Waals surface area contributed by atoms with Gasteiger partial charge in [-0.3, -0.25) is 14.6 Å². The number of H-pyrrole nitrogens is 1. The summed E-state index contributed by atoms with van der Waals surface area (Å²) in [6.07, 6.45) is 4.86. The van der Waals surface area contributed by atoms with Crippen molar-refractivity contribution >= 4 is 0 Å². The number of nitrogens with one attached hydrogen (secondary N) is 2. The zero-order chi connectivity index (χ0) is 11.0. The average molecular weight is 221 g/mol. The zero-order valence-corrected chi connectivity index (χ0v) is 9.54. The number of aromatic amines is 1. The third kappa shape index (κ3) is 2.07. The molecule has 2 aliphatic rings. The lowest BCUT2D eigenvalue weighted by Crippen LogP contribution is -2.32. The molecule has 1 aromatic heterocycles. The Morgan fingerprint density at radius 2 is 2.00 bits per heavy atom. The quantitative estimate of drug-likeness (QED) is 0.801. The van der Waals surface area contributed by atoms with Crippen LogP contribution in [-0.2, 0) is 6.54 Å². The van der Waals surface area contributed by atoms with Crippen LogP contribution in [0.15, 0.2) is 10.9 Å². The minimum atomic E-state index is 0.153. The van der Waals surface area contributed by atoms with E-state index >= 15 is 0 Å². The molecular formula is C12H19N3O. The molecule has 2 fully saturated rings. The van der Waals surface area contributed by atoms with Gasteiger partial charge in [0.15, 0.2) is 0 Å². The normalized spacial score (nSPS) is 22.5. The van der Waals surface area contributed by atoms with E-state index < -0.39 is 0 Å². The second kappa shape index (κ2) is 4.09. The molecule has 0 spiro atoms. The zero-order valence-electron chi connectivity index (χ0n) is 9.54. The fraction of sp³-hybridized carbons (Fsp3) is 0.750. The van der Waals surface area contributed by atoms with Crippen LogP contribution in [0.5, 0.6) is 0 Å². The van der Waals surface area contributed by atoms with Gasteiger partial charge in [0.25, 0.3) is 5.56 Å². The van der Waals surface area contributed by atoms with Gasteiger partial charge in [-0.25, -0.2) is 0 Å². The molecule has 3 rings (SSSR count). The maximum atomic E-state index is 11.8. The third-order valence-corrected chi connectivity index (χ3v) is 3.73. The Hall–Kier alpha value is -1.03. The Morgan fingerprint density at radius 3 is 2.69 bits per heavy atom. The first-order valence-electron chi connectivity index (χ1n) is 6.33. The predicted octanol–water partition coefficient (Wildman–Crippen LogP) is 1.05. The van der Waals surface area contributed by atoms with Gasteiger partial charge in [0.2, 0.25) is 0 Å². The number of rotatable bonds is 3. The van der Waals surface area contributed by atoms with Gasteiger partial charge in [-0.1, -0.05) is 0 Å². The highest BCUT2D eigenvalue weighted by molar-refractivity contribution is 5.12. The van der Waals surface area contributed by atoms with E-state index in [1.165, 1.54) is 25.7 Å².